The topological polar surface area (TPSA) is 54.4 Å². The van der Waals surface area contributed by atoms with Gasteiger partial charge in [0.05, 0.1) is 5.92 Å². The molecule has 2 rings (SSSR count). The number of hydrogen-bond donors (Lipinski definition) is 1. The molecule has 0 bridgehead atoms. The summed E-state index contributed by atoms with van der Waals surface area (Å²) >= 11 is 1.15. The van der Waals surface area contributed by atoms with Gasteiger partial charge in [0, 0.05) is 12.2 Å². The fourth-order valence-electron chi connectivity index (χ4n) is 2.75. The Balaban J connectivity index is 2.12. The number of carbonyl (C=O) groups is 2. The number of aryl methyl sites for hydroxylation is 1. The number of rotatable bonds is 8. The minimum Gasteiger partial charge on any atom is -0.481 e. The van der Waals surface area contributed by atoms with Crippen molar-refractivity contribution in [1.29, 1.82) is 0 Å². The van der Waals surface area contributed by atoms with Crippen molar-refractivity contribution in [3.05, 3.63) is 71.8 Å². The zero-order valence-corrected chi connectivity index (χ0v) is 14.5. The Morgan fingerprint density at radius 2 is 1.50 bits per heavy atom. The smallest absolute Gasteiger partial charge is 0.307 e. The molecule has 0 heterocycles. The Bertz CT molecular complexity index is 655. The van der Waals surface area contributed by atoms with Crippen molar-refractivity contribution in [1.82, 2.24) is 0 Å². The maximum Gasteiger partial charge on any atom is 0.307 e. The van der Waals surface area contributed by atoms with Gasteiger partial charge in [0.25, 0.3) is 0 Å². The summed E-state index contributed by atoms with van der Waals surface area (Å²) < 4.78 is 0. The highest BCUT2D eigenvalue weighted by atomic mass is 32.2. The molecule has 24 heavy (non-hydrogen) atoms. The van der Waals surface area contributed by atoms with Gasteiger partial charge in [0.2, 0.25) is 0 Å². The lowest BCUT2D eigenvalue weighted by Gasteiger charge is -2.23. The van der Waals surface area contributed by atoms with Crippen LogP contribution in [0.4, 0.5) is 0 Å². The van der Waals surface area contributed by atoms with Crippen molar-refractivity contribution in [2.45, 2.75) is 31.4 Å². The maximum atomic E-state index is 11.8. The summed E-state index contributed by atoms with van der Waals surface area (Å²) in [7, 11) is 0. The molecule has 2 unspecified atom stereocenters. The van der Waals surface area contributed by atoms with E-state index in [1.165, 1.54) is 6.92 Å². The van der Waals surface area contributed by atoms with Gasteiger partial charge in [-0.1, -0.05) is 72.4 Å². The monoisotopic (exact) mass is 342 g/mol. The van der Waals surface area contributed by atoms with Crippen LogP contribution in [0.15, 0.2) is 60.7 Å². The number of aliphatic carboxylic acids is 1. The summed E-state index contributed by atoms with van der Waals surface area (Å²) in [6.07, 6.45) is 1.87. The summed E-state index contributed by atoms with van der Waals surface area (Å²) in [5, 5.41) is 9.42. The molecule has 2 aromatic rings. The lowest BCUT2D eigenvalue weighted by atomic mass is 9.92. The first kappa shape index (κ1) is 18.3. The molecule has 0 aromatic heterocycles. The summed E-state index contributed by atoms with van der Waals surface area (Å²) in [5.74, 6) is -1.42. The molecule has 126 valence electrons. The number of hydrogen-bond acceptors (Lipinski definition) is 3. The van der Waals surface area contributed by atoms with Gasteiger partial charge in [0.15, 0.2) is 5.12 Å². The third-order valence-corrected chi connectivity index (χ3v) is 5.14. The number of carboxylic acid groups (broad SMARTS) is 1. The predicted molar refractivity (Wildman–Crippen MR) is 98.1 cm³/mol. The Hall–Kier alpha value is -2.07. The first-order valence-corrected chi connectivity index (χ1v) is 8.92. The normalized spacial score (nSPS) is 13.2. The third kappa shape index (κ3) is 5.85. The lowest BCUT2D eigenvalue weighted by Crippen LogP contribution is -2.29. The highest BCUT2D eigenvalue weighted by Gasteiger charge is 2.29. The van der Waals surface area contributed by atoms with Crippen molar-refractivity contribution in [3.63, 3.8) is 0 Å². The molecule has 0 fully saturated rings. The molecule has 2 atom stereocenters. The lowest BCUT2D eigenvalue weighted by molar-refractivity contribution is -0.141. The molecular formula is C20H22O3S. The molecule has 0 aliphatic heterocycles. The third-order valence-electron chi connectivity index (χ3n) is 3.94. The van der Waals surface area contributed by atoms with E-state index in [4.69, 9.17) is 0 Å². The number of thioether (sulfide) groups is 1. The minimum absolute atomic E-state index is 0.0348. The van der Waals surface area contributed by atoms with Gasteiger partial charge in [-0.15, -0.1) is 0 Å². The molecule has 0 amide bonds. The van der Waals surface area contributed by atoms with Gasteiger partial charge in [-0.3, -0.25) is 9.59 Å². The standard InChI is InChI=1S/C20H22O3S/c1-15(21)24-19(13-12-16-8-4-2-5-9-16)18(20(22)23)14-17-10-6-3-7-11-17/h2-11,18-19H,12-14H2,1H3,(H,22,23). The molecule has 3 nitrogen and oxygen atoms in total. The quantitative estimate of drug-likeness (QED) is 0.781. The second-order valence-corrected chi connectivity index (χ2v) is 7.22. The Morgan fingerprint density at radius 3 is 2.00 bits per heavy atom. The fraction of sp³-hybridized carbons (Fsp3) is 0.300. The second-order valence-electron chi connectivity index (χ2n) is 5.81. The van der Waals surface area contributed by atoms with Crippen LogP contribution < -0.4 is 0 Å². The van der Waals surface area contributed by atoms with E-state index in [9.17, 15) is 14.7 Å². The van der Waals surface area contributed by atoms with E-state index in [-0.39, 0.29) is 10.4 Å². The largest absolute Gasteiger partial charge is 0.481 e. The summed E-state index contributed by atoms with van der Waals surface area (Å²) in [6, 6.07) is 19.6. The Kier molecular flexibility index (Phi) is 7.07. The van der Waals surface area contributed by atoms with E-state index < -0.39 is 11.9 Å². The zero-order valence-electron chi connectivity index (χ0n) is 13.7. The molecule has 0 saturated carbocycles. The van der Waals surface area contributed by atoms with Gasteiger partial charge in [-0.05, 0) is 30.4 Å². The average molecular weight is 342 g/mol. The van der Waals surface area contributed by atoms with Crippen molar-refractivity contribution >= 4 is 22.8 Å². The van der Waals surface area contributed by atoms with E-state index in [0.717, 1.165) is 29.3 Å². The van der Waals surface area contributed by atoms with Gasteiger partial charge < -0.3 is 5.11 Å². The highest BCUT2D eigenvalue weighted by molar-refractivity contribution is 8.14. The molecule has 0 spiro atoms. The minimum atomic E-state index is -0.842. The van der Waals surface area contributed by atoms with E-state index >= 15 is 0 Å². The van der Waals surface area contributed by atoms with Crippen LogP contribution in [0.25, 0.3) is 0 Å². The molecular weight excluding hydrogens is 320 g/mol. The van der Waals surface area contributed by atoms with Crippen LogP contribution in [0.2, 0.25) is 0 Å². The van der Waals surface area contributed by atoms with Gasteiger partial charge in [0.1, 0.15) is 0 Å². The van der Waals surface area contributed by atoms with Crippen LogP contribution in [0, 0.1) is 5.92 Å². The van der Waals surface area contributed by atoms with Gasteiger partial charge in [-0.2, -0.15) is 0 Å². The molecule has 0 aliphatic rings. The second kappa shape index (κ2) is 9.28. The van der Waals surface area contributed by atoms with E-state index in [2.05, 4.69) is 0 Å². The van der Waals surface area contributed by atoms with Crippen LogP contribution in [-0.2, 0) is 22.4 Å². The predicted octanol–water partition coefficient (Wildman–Crippen LogP) is 4.21. The first-order chi connectivity index (χ1) is 11.6. The van der Waals surface area contributed by atoms with Gasteiger partial charge >= 0.3 is 5.97 Å². The van der Waals surface area contributed by atoms with E-state index in [1.54, 1.807) is 0 Å². The number of carboxylic acids is 1. The molecule has 0 aliphatic carbocycles. The van der Waals surface area contributed by atoms with Crippen LogP contribution in [0.3, 0.4) is 0 Å². The summed E-state index contributed by atoms with van der Waals surface area (Å²) in [6.45, 7) is 1.50. The van der Waals surface area contributed by atoms with Crippen molar-refractivity contribution in [2.75, 3.05) is 0 Å². The van der Waals surface area contributed by atoms with Crippen molar-refractivity contribution in [2.24, 2.45) is 5.92 Å². The summed E-state index contributed by atoms with van der Waals surface area (Å²) in [5.41, 5.74) is 2.15. The molecule has 1 N–H and O–H groups in total. The highest BCUT2D eigenvalue weighted by Crippen LogP contribution is 2.28. The number of carbonyl (C=O) groups excluding carboxylic acids is 1. The average Bonchev–Trinajstić information content (AvgIpc) is 2.58. The Labute approximate surface area is 147 Å². The van der Waals surface area contributed by atoms with Crippen LogP contribution in [0.5, 0.6) is 0 Å². The molecule has 2 aromatic carbocycles. The first-order valence-electron chi connectivity index (χ1n) is 8.04. The van der Waals surface area contributed by atoms with E-state index in [1.807, 2.05) is 60.7 Å². The molecule has 0 saturated heterocycles. The molecule has 4 heteroatoms. The zero-order chi connectivity index (χ0) is 17.4. The van der Waals surface area contributed by atoms with Gasteiger partial charge in [-0.25, -0.2) is 0 Å². The van der Waals surface area contributed by atoms with Crippen molar-refractivity contribution < 1.29 is 14.7 Å². The summed E-state index contributed by atoms with van der Waals surface area (Å²) in [4.78, 5) is 23.4. The van der Waals surface area contributed by atoms with Crippen LogP contribution in [-0.4, -0.2) is 21.4 Å². The maximum absolute atomic E-state index is 11.8. The Morgan fingerprint density at radius 1 is 0.958 bits per heavy atom. The van der Waals surface area contributed by atoms with Crippen molar-refractivity contribution in [3.8, 4) is 0 Å². The fourth-order valence-corrected chi connectivity index (χ4v) is 3.79. The van der Waals surface area contributed by atoms with E-state index in [0.29, 0.717) is 12.8 Å². The van der Waals surface area contributed by atoms with Crippen LogP contribution in [0.1, 0.15) is 24.5 Å². The SMILES string of the molecule is CC(=O)SC(CCc1ccccc1)C(Cc1ccccc1)C(=O)O. The number of benzene rings is 2. The molecule has 0 radical (unpaired) electrons. The van der Waals surface area contributed by atoms with Crippen LogP contribution >= 0.6 is 11.8 Å².